The standard InChI is InChI=1S/C7H6Cl2O/c8-6-3-1-2-4(10)5(3)7(6)9/h1-3,5-7H. The molecule has 3 heteroatoms. The van der Waals surface area contributed by atoms with Gasteiger partial charge < -0.3 is 0 Å². The highest BCUT2D eigenvalue weighted by Gasteiger charge is 2.52. The maximum absolute atomic E-state index is 11.0. The number of ketones is 1. The topological polar surface area (TPSA) is 17.1 Å². The molecule has 0 N–H and O–H groups in total. The van der Waals surface area contributed by atoms with Crippen molar-refractivity contribution in [1.29, 1.82) is 0 Å². The number of carbonyl (C=O) groups is 1. The van der Waals surface area contributed by atoms with Gasteiger partial charge in [0.25, 0.3) is 0 Å². The molecule has 0 saturated heterocycles. The van der Waals surface area contributed by atoms with Gasteiger partial charge in [0.15, 0.2) is 5.78 Å². The zero-order valence-electron chi connectivity index (χ0n) is 5.13. The first kappa shape index (κ1) is 6.68. The number of allylic oxidation sites excluding steroid dienone is 2. The number of fused-ring (bicyclic) bond motifs is 1. The summed E-state index contributed by atoms with van der Waals surface area (Å²) < 4.78 is 0. The molecule has 0 spiro atoms. The molecule has 0 bridgehead atoms. The normalized spacial score (nSPS) is 50.8. The van der Waals surface area contributed by atoms with Gasteiger partial charge in [-0.3, -0.25) is 4.79 Å². The van der Waals surface area contributed by atoms with Crippen LogP contribution in [0.3, 0.4) is 0 Å². The quantitative estimate of drug-likeness (QED) is 0.513. The Morgan fingerprint density at radius 3 is 2.60 bits per heavy atom. The molecule has 2 rings (SSSR count). The second-order valence-corrected chi connectivity index (χ2v) is 3.76. The van der Waals surface area contributed by atoms with Crippen molar-refractivity contribution in [2.45, 2.75) is 10.8 Å². The summed E-state index contributed by atoms with van der Waals surface area (Å²) in [6, 6.07) is 0. The van der Waals surface area contributed by atoms with Crippen molar-refractivity contribution >= 4 is 29.0 Å². The SMILES string of the molecule is O=C1C=CC2C(Cl)C(Cl)C12. The van der Waals surface area contributed by atoms with E-state index in [-0.39, 0.29) is 28.4 Å². The van der Waals surface area contributed by atoms with Crippen molar-refractivity contribution in [3.63, 3.8) is 0 Å². The zero-order chi connectivity index (χ0) is 7.30. The third-order valence-corrected chi connectivity index (χ3v) is 3.48. The lowest BCUT2D eigenvalue weighted by Crippen LogP contribution is -2.49. The van der Waals surface area contributed by atoms with Gasteiger partial charge >= 0.3 is 0 Å². The van der Waals surface area contributed by atoms with Gasteiger partial charge in [-0.2, -0.15) is 0 Å². The predicted octanol–water partition coefficient (Wildman–Crippen LogP) is 1.59. The minimum Gasteiger partial charge on any atom is -0.294 e. The first-order valence-corrected chi connectivity index (χ1v) is 4.09. The van der Waals surface area contributed by atoms with Crippen LogP contribution in [0, 0.1) is 11.8 Å². The van der Waals surface area contributed by atoms with E-state index in [4.69, 9.17) is 23.2 Å². The van der Waals surface area contributed by atoms with Gasteiger partial charge in [-0.15, -0.1) is 23.2 Å². The molecule has 10 heavy (non-hydrogen) atoms. The van der Waals surface area contributed by atoms with Crippen LogP contribution >= 0.6 is 23.2 Å². The summed E-state index contributed by atoms with van der Waals surface area (Å²) in [5.74, 6) is 0.350. The predicted molar refractivity (Wildman–Crippen MR) is 40.4 cm³/mol. The largest absolute Gasteiger partial charge is 0.294 e. The highest BCUT2D eigenvalue weighted by molar-refractivity contribution is 6.33. The van der Waals surface area contributed by atoms with Crippen molar-refractivity contribution in [3.05, 3.63) is 12.2 Å². The maximum atomic E-state index is 11.0. The summed E-state index contributed by atoms with van der Waals surface area (Å²) in [5, 5.41) is -0.177. The van der Waals surface area contributed by atoms with Crippen LogP contribution in [0.25, 0.3) is 0 Å². The van der Waals surface area contributed by atoms with E-state index >= 15 is 0 Å². The van der Waals surface area contributed by atoms with Gasteiger partial charge in [0.1, 0.15) is 0 Å². The minimum absolute atomic E-state index is 0.0100. The zero-order valence-corrected chi connectivity index (χ0v) is 6.64. The van der Waals surface area contributed by atoms with Gasteiger partial charge in [0.05, 0.1) is 10.8 Å². The fourth-order valence-corrected chi connectivity index (χ4v) is 2.42. The molecule has 2 aliphatic carbocycles. The lowest BCUT2D eigenvalue weighted by Gasteiger charge is -2.39. The summed E-state index contributed by atoms with van der Waals surface area (Å²) in [7, 11) is 0. The van der Waals surface area contributed by atoms with Gasteiger partial charge in [-0.1, -0.05) is 6.08 Å². The molecular formula is C7H6Cl2O. The van der Waals surface area contributed by atoms with Crippen molar-refractivity contribution in [1.82, 2.24) is 0 Å². The Bertz CT molecular complexity index is 212. The lowest BCUT2D eigenvalue weighted by molar-refractivity contribution is -0.120. The van der Waals surface area contributed by atoms with Gasteiger partial charge in [-0.25, -0.2) is 0 Å². The van der Waals surface area contributed by atoms with E-state index in [1.165, 1.54) is 0 Å². The highest BCUT2D eigenvalue weighted by Crippen LogP contribution is 2.47. The Balaban J connectivity index is 2.22. The number of halogens is 2. The van der Waals surface area contributed by atoms with Crippen LogP contribution < -0.4 is 0 Å². The van der Waals surface area contributed by atoms with Crippen LogP contribution in [0.15, 0.2) is 12.2 Å². The van der Waals surface area contributed by atoms with Crippen LogP contribution in [0.2, 0.25) is 0 Å². The Kier molecular flexibility index (Phi) is 1.33. The van der Waals surface area contributed by atoms with E-state index in [0.717, 1.165) is 0 Å². The monoisotopic (exact) mass is 176 g/mol. The average Bonchev–Trinajstić information content (AvgIpc) is 2.27. The van der Waals surface area contributed by atoms with Crippen molar-refractivity contribution in [2.24, 2.45) is 11.8 Å². The molecule has 0 heterocycles. The van der Waals surface area contributed by atoms with E-state index in [0.29, 0.717) is 0 Å². The molecule has 0 aromatic rings. The number of rotatable bonds is 0. The summed E-state index contributed by atoms with van der Waals surface area (Å²) in [6.07, 6.45) is 3.46. The molecule has 0 amide bonds. The van der Waals surface area contributed by atoms with Crippen LogP contribution in [0.5, 0.6) is 0 Å². The molecule has 2 aliphatic rings. The van der Waals surface area contributed by atoms with Gasteiger partial charge in [0, 0.05) is 11.8 Å². The van der Waals surface area contributed by atoms with Gasteiger partial charge in [-0.05, 0) is 6.08 Å². The molecule has 1 nitrogen and oxygen atoms in total. The summed E-state index contributed by atoms with van der Waals surface area (Å²) in [6.45, 7) is 0. The first-order chi connectivity index (χ1) is 4.72. The third kappa shape index (κ3) is 0.625. The summed E-state index contributed by atoms with van der Waals surface area (Å²) in [5.41, 5.74) is 0. The summed E-state index contributed by atoms with van der Waals surface area (Å²) >= 11 is 11.6. The van der Waals surface area contributed by atoms with Crippen molar-refractivity contribution in [3.8, 4) is 0 Å². The second-order valence-electron chi connectivity index (χ2n) is 2.75. The third-order valence-electron chi connectivity index (χ3n) is 2.24. The van der Waals surface area contributed by atoms with E-state index in [1.54, 1.807) is 6.08 Å². The van der Waals surface area contributed by atoms with E-state index < -0.39 is 0 Å². The van der Waals surface area contributed by atoms with Crippen LogP contribution in [0.4, 0.5) is 0 Å². The Labute approximate surface area is 69.0 Å². The molecule has 4 unspecified atom stereocenters. The van der Waals surface area contributed by atoms with E-state index in [9.17, 15) is 4.79 Å². The molecule has 0 aliphatic heterocycles. The van der Waals surface area contributed by atoms with Crippen LogP contribution in [0.1, 0.15) is 0 Å². The number of carbonyl (C=O) groups excluding carboxylic acids is 1. The maximum Gasteiger partial charge on any atom is 0.160 e. The Morgan fingerprint density at radius 1 is 1.30 bits per heavy atom. The molecule has 0 aromatic heterocycles. The minimum atomic E-state index is -0.144. The summed E-state index contributed by atoms with van der Waals surface area (Å²) in [4.78, 5) is 11.0. The van der Waals surface area contributed by atoms with E-state index in [1.807, 2.05) is 6.08 Å². The van der Waals surface area contributed by atoms with E-state index in [2.05, 4.69) is 0 Å². The number of alkyl halides is 2. The second kappa shape index (κ2) is 1.99. The Hall–Kier alpha value is -0.0100. The van der Waals surface area contributed by atoms with Crippen LogP contribution in [-0.4, -0.2) is 16.5 Å². The molecule has 1 fully saturated rings. The van der Waals surface area contributed by atoms with Crippen molar-refractivity contribution < 1.29 is 4.79 Å². The molecular weight excluding hydrogens is 171 g/mol. The van der Waals surface area contributed by atoms with Gasteiger partial charge in [0.2, 0.25) is 0 Å². The highest BCUT2D eigenvalue weighted by atomic mass is 35.5. The fraction of sp³-hybridized carbons (Fsp3) is 0.571. The number of hydrogen-bond donors (Lipinski definition) is 0. The molecule has 0 aromatic carbocycles. The smallest absolute Gasteiger partial charge is 0.160 e. The lowest BCUT2D eigenvalue weighted by atomic mass is 9.74. The van der Waals surface area contributed by atoms with Crippen molar-refractivity contribution in [2.75, 3.05) is 0 Å². The first-order valence-electron chi connectivity index (χ1n) is 3.22. The fourth-order valence-electron chi connectivity index (χ4n) is 1.56. The molecule has 54 valence electrons. The average molecular weight is 177 g/mol. The molecule has 1 saturated carbocycles. The Morgan fingerprint density at radius 2 is 2.00 bits per heavy atom. The van der Waals surface area contributed by atoms with Crippen LogP contribution in [-0.2, 0) is 4.79 Å². The number of hydrogen-bond acceptors (Lipinski definition) is 1. The molecule has 4 atom stereocenters. The molecule has 0 radical (unpaired) electrons.